The molecule has 1 amide bonds. The fraction of sp³-hybridized carbons (Fsp3) is 0.800. The number of carbonyl (C=O) groups is 1. The maximum absolute atomic E-state index is 11.4. The van der Waals surface area contributed by atoms with Crippen molar-refractivity contribution >= 4 is 5.91 Å². The van der Waals surface area contributed by atoms with Crippen molar-refractivity contribution in [1.82, 2.24) is 10.6 Å². The summed E-state index contributed by atoms with van der Waals surface area (Å²) in [7, 11) is 0. The van der Waals surface area contributed by atoms with Crippen LogP contribution in [0.1, 0.15) is 47.5 Å². The minimum atomic E-state index is 0.0829. The van der Waals surface area contributed by atoms with Gasteiger partial charge >= 0.3 is 0 Å². The Morgan fingerprint density at radius 1 is 1.22 bits per heavy atom. The molecule has 0 heterocycles. The van der Waals surface area contributed by atoms with E-state index < -0.39 is 0 Å². The van der Waals surface area contributed by atoms with E-state index in [0.717, 1.165) is 19.4 Å². The van der Waals surface area contributed by atoms with Crippen molar-refractivity contribution in [2.24, 2.45) is 11.8 Å². The molecule has 0 bridgehead atoms. The third-order valence-electron chi connectivity index (χ3n) is 3.04. The Balaban J connectivity index is 3.76. The van der Waals surface area contributed by atoms with Crippen molar-refractivity contribution in [2.75, 3.05) is 13.1 Å². The van der Waals surface area contributed by atoms with Crippen LogP contribution in [0.3, 0.4) is 0 Å². The zero-order valence-electron chi connectivity index (χ0n) is 12.6. The summed E-state index contributed by atoms with van der Waals surface area (Å²) in [6, 6.07) is 0.220. The number of hydrogen-bond acceptors (Lipinski definition) is 2. The van der Waals surface area contributed by atoms with Crippen LogP contribution in [-0.4, -0.2) is 25.0 Å². The highest BCUT2D eigenvalue weighted by molar-refractivity contribution is 5.78. The van der Waals surface area contributed by atoms with Gasteiger partial charge in [-0.15, -0.1) is 0 Å². The lowest BCUT2D eigenvalue weighted by atomic mass is 9.89. The first-order valence-corrected chi connectivity index (χ1v) is 7.08. The van der Waals surface area contributed by atoms with Gasteiger partial charge in [-0.25, -0.2) is 0 Å². The van der Waals surface area contributed by atoms with Crippen LogP contribution in [0, 0.1) is 11.8 Å². The van der Waals surface area contributed by atoms with E-state index in [0.29, 0.717) is 18.4 Å². The average molecular weight is 254 g/mol. The van der Waals surface area contributed by atoms with Crippen LogP contribution in [0.2, 0.25) is 0 Å². The number of allylic oxidation sites excluding steroid dienone is 2. The highest BCUT2D eigenvalue weighted by Gasteiger charge is 2.11. The zero-order valence-corrected chi connectivity index (χ0v) is 12.6. The van der Waals surface area contributed by atoms with Gasteiger partial charge in [0.05, 0.1) is 6.54 Å². The lowest BCUT2D eigenvalue weighted by Gasteiger charge is -2.19. The molecule has 1 unspecified atom stereocenters. The molecule has 0 aliphatic carbocycles. The highest BCUT2D eigenvalue weighted by Crippen LogP contribution is 2.19. The maximum Gasteiger partial charge on any atom is 0.234 e. The topological polar surface area (TPSA) is 41.1 Å². The third kappa shape index (κ3) is 9.23. The van der Waals surface area contributed by atoms with Crippen molar-refractivity contribution in [3.05, 3.63) is 12.2 Å². The van der Waals surface area contributed by atoms with E-state index in [2.05, 4.69) is 43.6 Å². The molecule has 0 spiro atoms. The molecule has 0 aromatic heterocycles. The number of amides is 1. The second-order valence-corrected chi connectivity index (χ2v) is 5.50. The van der Waals surface area contributed by atoms with E-state index in [-0.39, 0.29) is 11.9 Å². The van der Waals surface area contributed by atoms with Gasteiger partial charge in [-0.3, -0.25) is 4.79 Å². The Labute approximate surface area is 112 Å². The van der Waals surface area contributed by atoms with Crippen LogP contribution in [0.4, 0.5) is 0 Å². The van der Waals surface area contributed by atoms with Crippen molar-refractivity contribution in [3.63, 3.8) is 0 Å². The normalized spacial score (nSPS) is 13.5. The smallest absolute Gasteiger partial charge is 0.234 e. The molecule has 1 atom stereocenters. The second kappa shape index (κ2) is 10.1. The summed E-state index contributed by atoms with van der Waals surface area (Å²) in [6.07, 6.45) is 6.60. The molecule has 2 N–H and O–H groups in total. The van der Waals surface area contributed by atoms with E-state index >= 15 is 0 Å². The van der Waals surface area contributed by atoms with Gasteiger partial charge in [-0.05, 0) is 52.0 Å². The second-order valence-electron chi connectivity index (χ2n) is 5.50. The highest BCUT2D eigenvalue weighted by atomic mass is 16.1. The van der Waals surface area contributed by atoms with Gasteiger partial charge in [0.2, 0.25) is 5.91 Å². The molecule has 0 aromatic carbocycles. The van der Waals surface area contributed by atoms with Crippen LogP contribution in [0.15, 0.2) is 12.2 Å². The Bertz CT molecular complexity index is 247. The molecule has 0 fully saturated rings. The number of carbonyl (C=O) groups excluding carboxylic acids is 1. The fourth-order valence-corrected chi connectivity index (χ4v) is 1.90. The molecular formula is C15H30N2O. The average Bonchev–Trinajstić information content (AvgIpc) is 2.26. The van der Waals surface area contributed by atoms with E-state index in [1.165, 1.54) is 0 Å². The Morgan fingerprint density at radius 2 is 1.89 bits per heavy atom. The van der Waals surface area contributed by atoms with Crippen LogP contribution in [0.25, 0.3) is 0 Å². The number of nitrogens with one attached hydrogen (secondary N) is 2. The largest absolute Gasteiger partial charge is 0.353 e. The summed E-state index contributed by atoms with van der Waals surface area (Å²) in [5, 5.41) is 6.09. The van der Waals surface area contributed by atoms with Crippen molar-refractivity contribution in [2.45, 2.75) is 53.5 Å². The van der Waals surface area contributed by atoms with Crippen molar-refractivity contribution < 1.29 is 4.79 Å². The minimum Gasteiger partial charge on any atom is -0.353 e. The van der Waals surface area contributed by atoms with Crippen LogP contribution >= 0.6 is 0 Å². The summed E-state index contributed by atoms with van der Waals surface area (Å²) >= 11 is 0. The van der Waals surface area contributed by atoms with Crippen LogP contribution in [-0.2, 0) is 4.79 Å². The molecule has 0 aliphatic heterocycles. The number of hydrogen-bond donors (Lipinski definition) is 2. The summed E-state index contributed by atoms with van der Waals surface area (Å²) in [5.41, 5.74) is 0. The van der Waals surface area contributed by atoms with E-state index in [4.69, 9.17) is 0 Å². The van der Waals surface area contributed by atoms with Crippen molar-refractivity contribution in [3.8, 4) is 0 Å². The molecule has 0 saturated heterocycles. The Morgan fingerprint density at radius 3 is 2.39 bits per heavy atom. The van der Waals surface area contributed by atoms with Gasteiger partial charge in [0, 0.05) is 6.04 Å². The monoisotopic (exact) mass is 254 g/mol. The third-order valence-corrected chi connectivity index (χ3v) is 3.04. The molecule has 0 rings (SSSR count). The Hall–Kier alpha value is -0.830. The van der Waals surface area contributed by atoms with Gasteiger partial charge in [-0.1, -0.05) is 26.0 Å². The lowest BCUT2D eigenvalue weighted by Crippen LogP contribution is -2.38. The van der Waals surface area contributed by atoms with Crippen molar-refractivity contribution in [1.29, 1.82) is 0 Å². The first-order valence-electron chi connectivity index (χ1n) is 7.08. The van der Waals surface area contributed by atoms with Gasteiger partial charge < -0.3 is 10.6 Å². The molecule has 3 heteroatoms. The standard InChI is InChI=1S/C15H30N2O/c1-6-7-8-14(12(2)3)9-10-16-11-15(18)17-13(4)5/h6-7,12-14,16H,8-11H2,1-5H3,(H,17,18). The molecule has 0 aromatic rings. The van der Waals surface area contributed by atoms with Crippen LogP contribution < -0.4 is 10.6 Å². The van der Waals surface area contributed by atoms with Gasteiger partial charge in [0.25, 0.3) is 0 Å². The fourth-order valence-electron chi connectivity index (χ4n) is 1.90. The van der Waals surface area contributed by atoms with Crippen LogP contribution in [0.5, 0.6) is 0 Å². The molecule has 18 heavy (non-hydrogen) atoms. The van der Waals surface area contributed by atoms with E-state index in [9.17, 15) is 4.79 Å². The lowest BCUT2D eigenvalue weighted by molar-refractivity contribution is -0.120. The summed E-state index contributed by atoms with van der Waals surface area (Å²) in [5.74, 6) is 1.47. The van der Waals surface area contributed by atoms with Gasteiger partial charge in [0.15, 0.2) is 0 Å². The molecule has 0 saturated carbocycles. The molecule has 3 nitrogen and oxygen atoms in total. The zero-order chi connectivity index (χ0) is 14.0. The molecular weight excluding hydrogens is 224 g/mol. The first kappa shape index (κ1) is 17.2. The summed E-state index contributed by atoms with van der Waals surface area (Å²) in [6.45, 7) is 11.9. The van der Waals surface area contributed by atoms with Gasteiger partial charge in [0.1, 0.15) is 0 Å². The Kier molecular flexibility index (Phi) is 9.66. The van der Waals surface area contributed by atoms with Gasteiger partial charge in [-0.2, -0.15) is 0 Å². The summed E-state index contributed by atoms with van der Waals surface area (Å²) < 4.78 is 0. The molecule has 0 aliphatic rings. The molecule has 0 radical (unpaired) electrons. The predicted molar refractivity (Wildman–Crippen MR) is 78.5 cm³/mol. The first-order chi connectivity index (χ1) is 8.47. The maximum atomic E-state index is 11.4. The molecule has 106 valence electrons. The minimum absolute atomic E-state index is 0.0829. The predicted octanol–water partition coefficient (Wildman–Crippen LogP) is 2.73. The summed E-state index contributed by atoms with van der Waals surface area (Å²) in [4.78, 5) is 11.4. The van der Waals surface area contributed by atoms with E-state index in [1.807, 2.05) is 13.8 Å². The SMILES string of the molecule is CC=CCC(CCNCC(=O)NC(C)C)C(C)C. The quantitative estimate of drug-likeness (QED) is 0.491. The van der Waals surface area contributed by atoms with E-state index in [1.54, 1.807) is 0 Å². The number of rotatable bonds is 9.